The van der Waals surface area contributed by atoms with Gasteiger partial charge in [-0.25, -0.2) is 9.97 Å². The summed E-state index contributed by atoms with van der Waals surface area (Å²) >= 11 is 3.32. The van der Waals surface area contributed by atoms with E-state index in [4.69, 9.17) is 0 Å². The fraction of sp³-hybridized carbons (Fsp3) is 0.222. The van der Waals surface area contributed by atoms with Crippen LogP contribution in [0.25, 0.3) is 5.78 Å². The molecule has 0 aliphatic rings. The molecule has 0 saturated heterocycles. The van der Waals surface area contributed by atoms with Crippen LogP contribution in [0.15, 0.2) is 23.1 Å². The molecule has 2 rings (SSSR count). The molecule has 0 saturated carbocycles. The summed E-state index contributed by atoms with van der Waals surface area (Å²) in [5.41, 5.74) is 0.862. The highest BCUT2D eigenvalue weighted by atomic mass is 79.9. The molecule has 0 radical (unpaired) electrons. The van der Waals surface area contributed by atoms with Gasteiger partial charge in [0.25, 0.3) is 0 Å². The molecule has 72 valence electrons. The third kappa shape index (κ3) is 1.68. The zero-order valence-corrected chi connectivity index (χ0v) is 9.15. The lowest BCUT2D eigenvalue weighted by Crippen LogP contribution is -2.00. The van der Waals surface area contributed by atoms with Crippen molar-refractivity contribution < 1.29 is 4.79 Å². The first-order chi connectivity index (χ1) is 6.66. The van der Waals surface area contributed by atoms with Crippen LogP contribution in [0, 0.1) is 0 Å². The van der Waals surface area contributed by atoms with Crippen molar-refractivity contribution >= 4 is 27.5 Å². The minimum atomic E-state index is 0.117. The second kappa shape index (κ2) is 3.49. The van der Waals surface area contributed by atoms with E-state index in [0.29, 0.717) is 12.2 Å². The number of Topliss-reactive ketones (excluding diaryl/α,β-unsaturated/α-hetero) is 1. The Labute approximate surface area is 89.1 Å². The van der Waals surface area contributed by atoms with Crippen molar-refractivity contribution in [3.63, 3.8) is 0 Å². The SMILES string of the molecule is CC(=O)Cc1cnc2ncc(Br)cn12. The lowest BCUT2D eigenvalue weighted by atomic mass is 10.2. The zero-order chi connectivity index (χ0) is 10.1. The lowest BCUT2D eigenvalue weighted by Gasteiger charge is -1.98. The number of carbonyl (C=O) groups is 1. The summed E-state index contributed by atoms with van der Waals surface area (Å²) in [5, 5.41) is 0. The van der Waals surface area contributed by atoms with Gasteiger partial charge in [0, 0.05) is 18.8 Å². The fourth-order valence-electron chi connectivity index (χ4n) is 1.28. The standard InChI is InChI=1S/C9H8BrN3O/c1-6(14)2-8-4-12-9-11-3-7(10)5-13(8)9/h3-5H,2H2,1H3. The molecule has 4 nitrogen and oxygen atoms in total. The minimum absolute atomic E-state index is 0.117. The first-order valence-corrected chi connectivity index (χ1v) is 4.93. The summed E-state index contributed by atoms with van der Waals surface area (Å²) in [6.45, 7) is 1.56. The Balaban J connectivity index is 2.55. The third-order valence-electron chi connectivity index (χ3n) is 1.84. The number of hydrogen-bond donors (Lipinski definition) is 0. The van der Waals surface area contributed by atoms with Crippen LogP contribution in [-0.4, -0.2) is 20.2 Å². The number of hydrogen-bond acceptors (Lipinski definition) is 3. The van der Waals surface area contributed by atoms with Crippen molar-refractivity contribution in [1.29, 1.82) is 0 Å². The maximum Gasteiger partial charge on any atom is 0.233 e. The van der Waals surface area contributed by atoms with Gasteiger partial charge < -0.3 is 0 Å². The molecule has 5 heteroatoms. The molecule has 0 aromatic carbocycles. The fourth-order valence-corrected chi connectivity index (χ4v) is 1.59. The van der Waals surface area contributed by atoms with E-state index in [-0.39, 0.29) is 5.78 Å². The molecule has 0 aliphatic heterocycles. The highest BCUT2D eigenvalue weighted by Gasteiger charge is 2.06. The van der Waals surface area contributed by atoms with E-state index in [1.807, 2.05) is 10.6 Å². The van der Waals surface area contributed by atoms with E-state index in [1.54, 1.807) is 19.3 Å². The Bertz CT molecular complexity index is 492. The lowest BCUT2D eigenvalue weighted by molar-refractivity contribution is -0.116. The Morgan fingerprint density at radius 2 is 2.21 bits per heavy atom. The van der Waals surface area contributed by atoms with Crippen molar-refractivity contribution in [1.82, 2.24) is 14.4 Å². The predicted octanol–water partition coefficient (Wildman–Crippen LogP) is 1.62. The summed E-state index contributed by atoms with van der Waals surface area (Å²) in [6, 6.07) is 0. The van der Waals surface area contributed by atoms with Gasteiger partial charge in [-0.1, -0.05) is 0 Å². The summed E-state index contributed by atoms with van der Waals surface area (Å²) in [6.07, 6.45) is 5.60. The summed E-state index contributed by atoms with van der Waals surface area (Å²) in [5.74, 6) is 0.733. The molecule has 14 heavy (non-hydrogen) atoms. The molecular formula is C9H8BrN3O. The van der Waals surface area contributed by atoms with Gasteiger partial charge in [0.2, 0.25) is 5.78 Å². The van der Waals surface area contributed by atoms with Crippen molar-refractivity contribution in [2.24, 2.45) is 0 Å². The molecule has 2 aromatic heterocycles. The van der Waals surface area contributed by atoms with Crippen LogP contribution in [-0.2, 0) is 11.2 Å². The molecule has 2 heterocycles. The van der Waals surface area contributed by atoms with Crippen molar-refractivity contribution in [3.05, 3.63) is 28.8 Å². The maximum absolute atomic E-state index is 11.0. The molecular weight excluding hydrogens is 246 g/mol. The zero-order valence-electron chi connectivity index (χ0n) is 7.57. The molecule has 0 N–H and O–H groups in total. The van der Waals surface area contributed by atoms with Gasteiger partial charge in [-0.05, 0) is 22.9 Å². The van der Waals surface area contributed by atoms with Gasteiger partial charge in [0.15, 0.2) is 0 Å². The number of rotatable bonds is 2. The highest BCUT2D eigenvalue weighted by molar-refractivity contribution is 9.10. The van der Waals surface area contributed by atoms with Gasteiger partial charge in [0.1, 0.15) is 5.78 Å². The normalized spacial score (nSPS) is 10.7. The first kappa shape index (κ1) is 9.33. The molecule has 0 aliphatic carbocycles. The van der Waals surface area contributed by atoms with Crippen LogP contribution in [0.4, 0.5) is 0 Å². The van der Waals surface area contributed by atoms with E-state index in [2.05, 4.69) is 25.9 Å². The maximum atomic E-state index is 11.0. The van der Waals surface area contributed by atoms with E-state index in [1.165, 1.54) is 0 Å². The third-order valence-corrected chi connectivity index (χ3v) is 2.25. The number of ketones is 1. The molecule has 0 spiro atoms. The Morgan fingerprint density at radius 1 is 1.50 bits per heavy atom. The number of carbonyl (C=O) groups excluding carboxylic acids is 1. The summed E-state index contributed by atoms with van der Waals surface area (Å²) in [4.78, 5) is 19.2. The molecule has 0 atom stereocenters. The molecule has 2 aromatic rings. The van der Waals surface area contributed by atoms with Crippen molar-refractivity contribution in [3.8, 4) is 0 Å². The first-order valence-electron chi connectivity index (χ1n) is 4.14. The van der Waals surface area contributed by atoms with Crippen LogP contribution in [0.5, 0.6) is 0 Å². The molecule has 0 amide bonds. The summed E-state index contributed by atoms with van der Waals surface area (Å²) < 4.78 is 2.68. The Morgan fingerprint density at radius 3 is 2.93 bits per heavy atom. The largest absolute Gasteiger partial charge is 0.300 e. The van der Waals surface area contributed by atoms with Crippen molar-refractivity contribution in [2.45, 2.75) is 13.3 Å². The van der Waals surface area contributed by atoms with Gasteiger partial charge in [-0.2, -0.15) is 0 Å². The van der Waals surface area contributed by atoms with Crippen LogP contribution in [0.1, 0.15) is 12.6 Å². The average molecular weight is 254 g/mol. The van der Waals surface area contributed by atoms with E-state index in [0.717, 1.165) is 10.2 Å². The molecule has 0 unspecified atom stereocenters. The number of aromatic nitrogens is 3. The number of halogens is 1. The van der Waals surface area contributed by atoms with E-state index >= 15 is 0 Å². The highest BCUT2D eigenvalue weighted by Crippen LogP contribution is 2.11. The van der Waals surface area contributed by atoms with Crippen LogP contribution >= 0.6 is 15.9 Å². The average Bonchev–Trinajstić information content (AvgIpc) is 2.47. The number of imidazole rings is 1. The quantitative estimate of drug-likeness (QED) is 0.818. The summed E-state index contributed by atoms with van der Waals surface area (Å²) in [7, 11) is 0. The van der Waals surface area contributed by atoms with Gasteiger partial charge in [-0.3, -0.25) is 9.20 Å². The van der Waals surface area contributed by atoms with Crippen molar-refractivity contribution in [2.75, 3.05) is 0 Å². The van der Waals surface area contributed by atoms with Crippen LogP contribution in [0.3, 0.4) is 0 Å². The Hall–Kier alpha value is -1.23. The molecule has 0 bridgehead atoms. The van der Waals surface area contributed by atoms with E-state index in [9.17, 15) is 4.79 Å². The van der Waals surface area contributed by atoms with Gasteiger partial charge >= 0.3 is 0 Å². The second-order valence-electron chi connectivity index (χ2n) is 3.07. The van der Waals surface area contributed by atoms with Crippen LogP contribution in [0.2, 0.25) is 0 Å². The smallest absolute Gasteiger partial charge is 0.233 e. The second-order valence-corrected chi connectivity index (χ2v) is 3.99. The van der Waals surface area contributed by atoms with Gasteiger partial charge in [-0.15, -0.1) is 0 Å². The Kier molecular flexibility index (Phi) is 2.33. The number of nitrogens with zero attached hydrogens (tertiary/aromatic N) is 3. The number of fused-ring (bicyclic) bond motifs is 1. The van der Waals surface area contributed by atoms with Gasteiger partial charge in [0.05, 0.1) is 16.4 Å². The van der Waals surface area contributed by atoms with Crippen LogP contribution < -0.4 is 0 Å². The molecule has 0 fully saturated rings. The predicted molar refractivity (Wildman–Crippen MR) is 55.1 cm³/mol. The minimum Gasteiger partial charge on any atom is -0.300 e. The monoisotopic (exact) mass is 253 g/mol. The topological polar surface area (TPSA) is 47.3 Å². The van der Waals surface area contributed by atoms with E-state index < -0.39 is 0 Å².